The molecule has 3 aromatic heterocycles. The monoisotopic (exact) mass is 599 g/mol. The van der Waals surface area contributed by atoms with E-state index in [1.807, 2.05) is 70.3 Å². The summed E-state index contributed by atoms with van der Waals surface area (Å²) in [7, 11) is 0. The molecule has 1 amide bonds. The van der Waals surface area contributed by atoms with Crippen LogP contribution in [-0.4, -0.2) is 59.4 Å². The maximum absolute atomic E-state index is 13.2. The van der Waals surface area contributed by atoms with Gasteiger partial charge < -0.3 is 9.88 Å². The van der Waals surface area contributed by atoms with Gasteiger partial charge in [-0.25, -0.2) is 4.98 Å². The van der Waals surface area contributed by atoms with Gasteiger partial charge in [0, 0.05) is 47.1 Å². The lowest BCUT2D eigenvalue weighted by molar-refractivity contribution is -0.129. The number of piperidine rings is 1. The first-order valence-electron chi connectivity index (χ1n) is 12.8. The van der Waals surface area contributed by atoms with Crippen molar-refractivity contribution in [2.24, 2.45) is 0 Å². The third-order valence-electron chi connectivity index (χ3n) is 6.90. The van der Waals surface area contributed by atoms with Crippen molar-refractivity contribution < 1.29 is 4.79 Å². The van der Waals surface area contributed by atoms with Crippen molar-refractivity contribution in [1.82, 2.24) is 34.6 Å². The van der Waals surface area contributed by atoms with Crippen LogP contribution in [0.5, 0.6) is 0 Å². The summed E-state index contributed by atoms with van der Waals surface area (Å²) in [5, 5.41) is 9.58. The number of carbonyl (C=O) groups excluding carboxylic acids is 1. The molecule has 8 nitrogen and oxygen atoms in total. The van der Waals surface area contributed by atoms with Crippen molar-refractivity contribution in [3.63, 3.8) is 0 Å². The number of benzene rings is 2. The number of amides is 1. The van der Waals surface area contributed by atoms with E-state index in [4.69, 9.17) is 0 Å². The molecule has 1 N–H and O–H groups in total. The highest BCUT2D eigenvalue weighted by Gasteiger charge is 2.26. The van der Waals surface area contributed by atoms with E-state index in [-0.39, 0.29) is 5.91 Å². The molecule has 39 heavy (non-hydrogen) atoms. The van der Waals surface area contributed by atoms with Crippen LogP contribution in [0.1, 0.15) is 24.6 Å². The number of hydrogen-bond donors (Lipinski definition) is 1. The first kappa shape index (κ1) is 25.5. The summed E-state index contributed by atoms with van der Waals surface area (Å²) in [5.41, 5.74) is 3.99. The number of likely N-dealkylation sites (tertiary alicyclic amines) is 1. The Balaban J connectivity index is 1.10. The van der Waals surface area contributed by atoms with Gasteiger partial charge in [-0.05, 0) is 54.8 Å². The molecule has 0 atom stereocenters. The number of aromatic amines is 1. The Hall–Kier alpha value is -3.76. The largest absolute Gasteiger partial charge is 0.342 e. The van der Waals surface area contributed by atoms with Gasteiger partial charge in [-0.15, -0.1) is 10.2 Å². The highest BCUT2D eigenvalue weighted by atomic mass is 79.9. The van der Waals surface area contributed by atoms with Gasteiger partial charge in [-0.1, -0.05) is 58.0 Å². The molecule has 0 bridgehead atoms. The van der Waals surface area contributed by atoms with E-state index < -0.39 is 0 Å². The van der Waals surface area contributed by atoms with Crippen LogP contribution in [0.25, 0.3) is 28.3 Å². The second kappa shape index (κ2) is 11.5. The van der Waals surface area contributed by atoms with E-state index in [2.05, 4.69) is 53.2 Å². The van der Waals surface area contributed by atoms with Crippen LogP contribution in [0, 0.1) is 0 Å². The van der Waals surface area contributed by atoms with Gasteiger partial charge in [-0.3, -0.25) is 14.3 Å². The second-order valence-corrected chi connectivity index (χ2v) is 11.2. The Bertz CT molecular complexity index is 1550. The summed E-state index contributed by atoms with van der Waals surface area (Å²) >= 11 is 4.90. The van der Waals surface area contributed by atoms with Crippen LogP contribution in [0.3, 0.4) is 0 Å². The number of nitrogens with zero attached hydrogens (tertiary/aromatic N) is 6. The molecular formula is C29H26BrN7OS. The topological polar surface area (TPSA) is 92.6 Å². The van der Waals surface area contributed by atoms with Gasteiger partial charge in [0.05, 0.1) is 17.6 Å². The van der Waals surface area contributed by atoms with Crippen LogP contribution >= 0.6 is 27.7 Å². The fraction of sp³-hybridized carbons (Fsp3) is 0.207. The van der Waals surface area contributed by atoms with E-state index in [0.29, 0.717) is 29.9 Å². The number of imidazole rings is 1. The van der Waals surface area contributed by atoms with Gasteiger partial charge in [0.25, 0.3) is 0 Å². The Labute approximate surface area is 239 Å². The number of rotatable bonds is 7. The van der Waals surface area contributed by atoms with Crippen LogP contribution in [0.15, 0.2) is 94.9 Å². The van der Waals surface area contributed by atoms with Gasteiger partial charge in [0.2, 0.25) is 5.91 Å². The van der Waals surface area contributed by atoms with Crippen LogP contribution in [0.2, 0.25) is 0 Å². The SMILES string of the molecule is O=C(CSc1nnc(-c2ccncc2)n1-c1ccccc1)N1CCC(c2ncc(-c3ccc(Br)cc3)[nH]2)CC1. The van der Waals surface area contributed by atoms with Crippen molar-refractivity contribution in [1.29, 1.82) is 0 Å². The minimum Gasteiger partial charge on any atom is -0.342 e. The summed E-state index contributed by atoms with van der Waals surface area (Å²) in [6.45, 7) is 1.43. The quantitative estimate of drug-likeness (QED) is 0.231. The summed E-state index contributed by atoms with van der Waals surface area (Å²) in [6, 6.07) is 22.0. The van der Waals surface area contributed by atoms with Gasteiger partial charge in [-0.2, -0.15) is 0 Å². The number of halogens is 1. The summed E-state index contributed by atoms with van der Waals surface area (Å²) in [4.78, 5) is 27.4. The minimum atomic E-state index is 0.113. The number of carbonyl (C=O) groups is 1. The average Bonchev–Trinajstić information content (AvgIpc) is 3.65. The number of pyridine rings is 1. The number of H-pyrrole nitrogens is 1. The molecule has 0 unspecified atom stereocenters. The standard InChI is InChI=1S/C29H26BrN7OS/c30-23-8-6-20(7-9-23)25-18-32-27(33-25)21-12-16-36(17-13-21)26(38)19-39-29-35-34-28(22-10-14-31-15-11-22)37(29)24-4-2-1-3-5-24/h1-11,14-15,18,21H,12-13,16-17,19H2,(H,32,33). The molecule has 5 aromatic rings. The van der Waals surface area contributed by atoms with Gasteiger partial charge in [0.1, 0.15) is 5.82 Å². The molecule has 10 heteroatoms. The molecule has 0 radical (unpaired) electrons. The van der Waals surface area contributed by atoms with Crippen molar-refractivity contribution in [2.45, 2.75) is 23.9 Å². The zero-order valence-electron chi connectivity index (χ0n) is 21.1. The zero-order valence-corrected chi connectivity index (χ0v) is 23.5. The lowest BCUT2D eigenvalue weighted by Crippen LogP contribution is -2.39. The Morgan fingerprint density at radius 1 is 0.949 bits per heavy atom. The van der Waals surface area contributed by atoms with Gasteiger partial charge >= 0.3 is 0 Å². The van der Waals surface area contributed by atoms with Crippen molar-refractivity contribution in [3.05, 3.63) is 95.6 Å². The number of para-hydroxylation sites is 1. The highest BCUT2D eigenvalue weighted by Crippen LogP contribution is 2.31. The molecule has 1 aliphatic heterocycles. The molecule has 2 aromatic carbocycles. The van der Waals surface area contributed by atoms with E-state index in [1.54, 1.807) is 12.4 Å². The van der Waals surface area contributed by atoms with Crippen LogP contribution < -0.4 is 0 Å². The fourth-order valence-electron chi connectivity index (χ4n) is 4.80. The van der Waals surface area contributed by atoms with E-state index in [0.717, 1.165) is 51.5 Å². The molecule has 4 heterocycles. The van der Waals surface area contributed by atoms with Crippen molar-refractivity contribution in [2.75, 3.05) is 18.8 Å². The zero-order chi connectivity index (χ0) is 26.6. The third-order valence-corrected chi connectivity index (χ3v) is 8.34. The predicted octanol–water partition coefficient (Wildman–Crippen LogP) is 5.98. The minimum absolute atomic E-state index is 0.113. The van der Waals surface area contributed by atoms with E-state index >= 15 is 0 Å². The first-order chi connectivity index (χ1) is 19.2. The second-order valence-electron chi connectivity index (χ2n) is 9.35. The van der Waals surface area contributed by atoms with Crippen LogP contribution in [-0.2, 0) is 4.79 Å². The Kier molecular flexibility index (Phi) is 7.55. The summed E-state index contributed by atoms with van der Waals surface area (Å²) in [5.74, 6) is 2.45. The number of thioether (sulfide) groups is 1. The van der Waals surface area contributed by atoms with E-state index in [1.165, 1.54) is 11.8 Å². The lowest BCUT2D eigenvalue weighted by Gasteiger charge is -2.31. The molecular weight excluding hydrogens is 574 g/mol. The summed E-state index contributed by atoms with van der Waals surface area (Å²) < 4.78 is 3.05. The van der Waals surface area contributed by atoms with Crippen molar-refractivity contribution in [3.8, 4) is 28.3 Å². The maximum Gasteiger partial charge on any atom is 0.233 e. The van der Waals surface area contributed by atoms with Crippen molar-refractivity contribution >= 4 is 33.6 Å². The third kappa shape index (κ3) is 5.67. The average molecular weight is 601 g/mol. The molecule has 0 saturated carbocycles. The van der Waals surface area contributed by atoms with Gasteiger partial charge in [0.15, 0.2) is 11.0 Å². The number of nitrogens with one attached hydrogen (secondary N) is 1. The smallest absolute Gasteiger partial charge is 0.233 e. The molecule has 0 aliphatic carbocycles. The summed E-state index contributed by atoms with van der Waals surface area (Å²) in [6.07, 6.45) is 7.15. The molecule has 1 saturated heterocycles. The number of aromatic nitrogens is 6. The van der Waals surface area contributed by atoms with Crippen LogP contribution in [0.4, 0.5) is 0 Å². The predicted molar refractivity (Wildman–Crippen MR) is 156 cm³/mol. The molecule has 1 aliphatic rings. The highest BCUT2D eigenvalue weighted by molar-refractivity contribution is 9.10. The Morgan fingerprint density at radius 3 is 2.44 bits per heavy atom. The molecule has 1 fully saturated rings. The maximum atomic E-state index is 13.2. The molecule has 196 valence electrons. The lowest BCUT2D eigenvalue weighted by atomic mass is 9.96. The molecule has 6 rings (SSSR count). The molecule has 0 spiro atoms. The number of hydrogen-bond acceptors (Lipinski definition) is 6. The Morgan fingerprint density at radius 2 is 1.69 bits per heavy atom. The van der Waals surface area contributed by atoms with E-state index in [9.17, 15) is 4.79 Å². The normalized spacial score (nSPS) is 14.0. The first-order valence-corrected chi connectivity index (χ1v) is 14.6. The fourth-order valence-corrected chi connectivity index (χ4v) is 5.92.